The van der Waals surface area contributed by atoms with Gasteiger partial charge in [0.25, 0.3) is 0 Å². The molecule has 1 heterocycles. The molecule has 4 nitrogen and oxygen atoms in total. The molecule has 2 aromatic carbocycles. The number of anilines is 2. The monoisotopic (exact) mass is 374 g/mol. The fourth-order valence-electron chi connectivity index (χ4n) is 2.56. The van der Waals surface area contributed by atoms with Crippen molar-refractivity contribution in [1.82, 2.24) is 4.98 Å². The molecule has 0 aliphatic heterocycles. The van der Waals surface area contributed by atoms with Gasteiger partial charge in [0.1, 0.15) is 0 Å². The summed E-state index contributed by atoms with van der Waals surface area (Å²) < 4.78 is 44.1. The molecule has 0 saturated heterocycles. The number of carbonyl (C=O) groups excluding carboxylic acids is 1. The van der Waals surface area contributed by atoms with Crippen molar-refractivity contribution in [2.75, 3.05) is 5.32 Å². The van der Waals surface area contributed by atoms with E-state index in [4.69, 9.17) is 4.74 Å². The molecule has 7 heteroatoms. The number of carbonyl (C=O) groups is 1. The summed E-state index contributed by atoms with van der Waals surface area (Å²) in [6, 6.07) is 11.5. The number of fused-ring (bicyclic) bond motifs is 1. The average molecular weight is 374 g/mol. The summed E-state index contributed by atoms with van der Waals surface area (Å²) in [6.45, 7) is 3.52. The largest absolute Gasteiger partial charge is 0.459 e. The van der Waals surface area contributed by atoms with Crippen LogP contribution >= 0.6 is 0 Å². The van der Waals surface area contributed by atoms with Crippen LogP contribution < -0.4 is 5.32 Å². The van der Waals surface area contributed by atoms with E-state index in [-0.39, 0.29) is 6.10 Å². The topological polar surface area (TPSA) is 51.2 Å². The number of halogens is 3. The predicted octanol–water partition coefficient (Wildman–Crippen LogP) is 5.56. The molecule has 0 amide bonds. The molecule has 1 aromatic heterocycles. The first-order valence-electron chi connectivity index (χ1n) is 8.28. The van der Waals surface area contributed by atoms with E-state index in [0.717, 1.165) is 12.1 Å². The maximum Gasteiger partial charge on any atom is 0.416 e. The fourth-order valence-corrected chi connectivity index (χ4v) is 2.56. The van der Waals surface area contributed by atoms with E-state index in [9.17, 15) is 18.0 Å². The highest BCUT2D eigenvalue weighted by Gasteiger charge is 2.30. The van der Waals surface area contributed by atoms with Crippen LogP contribution in [0.4, 0.5) is 24.5 Å². The number of ether oxygens (including phenoxy) is 1. The van der Waals surface area contributed by atoms with Crippen LogP contribution in [0.2, 0.25) is 0 Å². The third kappa shape index (κ3) is 4.36. The molecule has 0 radical (unpaired) electrons. The number of rotatable bonds is 4. The fraction of sp³-hybridized carbons (Fsp3) is 0.200. The zero-order chi connectivity index (χ0) is 19.6. The molecule has 0 aliphatic carbocycles. The maximum atomic E-state index is 13.0. The van der Waals surface area contributed by atoms with Crippen LogP contribution in [0.15, 0.2) is 54.7 Å². The standard InChI is InChI=1S/C20H17F3N2O2/c1-12(2)27-19(26)13-3-6-15(7-4-13)25-18-9-10-24-17-8-5-14(11-16(17)18)20(21,22)23/h3-12H,1-2H3,(H,24,25). The van der Waals surface area contributed by atoms with Gasteiger partial charge in [-0.15, -0.1) is 0 Å². The zero-order valence-corrected chi connectivity index (χ0v) is 14.7. The summed E-state index contributed by atoms with van der Waals surface area (Å²) in [5.74, 6) is -0.430. The molecule has 1 N–H and O–H groups in total. The summed E-state index contributed by atoms with van der Waals surface area (Å²) in [6.07, 6.45) is -3.13. The van der Waals surface area contributed by atoms with Gasteiger partial charge >= 0.3 is 12.1 Å². The molecule has 0 spiro atoms. The van der Waals surface area contributed by atoms with Gasteiger partial charge in [-0.25, -0.2) is 4.79 Å². The van der Waals surface area contributed by atoms with Crippen molar-refractivity contribution < 1.29 is 22.7 Å². The second-order valence-electron chi connectivity index (χ2n) is 6.24. The Balaban J connectivity index is 1.89. The van der Waals surface area contributed by atoms with Crippen molar-refractivity contribution >= 4 is 28.2 Å². The van der Waals surface area contributed by atoms with E-state index in [1.165, 1.54) is 12.3 Å². The Morgan fingerprint density at radius 2 is 1.78 bits per heavy atom. The van der Waals surface area contributed by atoms with E-state index in [1.807, 2.05) is 0 Å². The van der Waals surface area contributed by atoms with Crippen LogP contribution in [-0.2, 0) is 10.9 Å². The average Bonchev–Trinajstić information content (AvgIpc) is 2.61. The van der Waals surface area contributed by atoms with Gasteiger partial charge in [0, 0.05) is 23.0 Å². The van der Waals surface area contributed by atoms with Crippen LogP contribution in [0.25, 0.3) is 10.9 Å². The number of benzene rings is 2. The summed E-state index contributed by atoms with van der Waals surface area (Å²) in [4.78, 5) is 16.0. The van der Waals surface area contributed by atoms with Crippen molar-refractivity contribution in [3.8, 4) is 0 Å². The Morgan fingerprint density at radius 1 is 1.07 bits per heavy atom. The first kappa shape index (κ1) is 18.7. The van der Waals surface area contributed by atoms with E-state index in [0.29, 0.717) is 27.8 Å². The van der Waals surface area contributed by atoms with E-state index < -0.39 is 17.7 Å². The second kappa shape index (κ2) is 7.26. The smallest absolute Gasteiger partial charge is 0.416 e. The molecule has 140 valence electrons. The lowest BCUT2D eigenvalue weighted by Crippen LogP contribution is -2.11. The Kier molecular flexibility index (Phi) is 5.03. The number of pyridine rings is 1. The number of hydrogen-bond donors (Lipinski definition) is 1. The van der Waals surface area contributed by atoms with Gasteiger partial charge in [-0.3, -0.25) is 4.98 Å². The quantitative estimate of drug-likeness (QED) is 0.607. The van der Waals surface area contributed by atoms with Gasteiger partial charge in [0.2, 0.25) is 0 Å². The summed E-state index contributed by atoms with van der Waals surface area (Å²) in [5.41, 5.74) is 1.22. The van der Waals surface area contributed by atoms with E-state index in [2.05, 4.69) is 10.3 Å². The van der Waals surface area contributed by atoms with E-state index >= 15 is 0 Å². The summed E-state index contributed by atoms with van der Waals surface area (Å²) >= 11 is 0. The van der Waals surface area contributed by atoms with Gasteiger partial charge in [0.05, 0.1) is 22.7 Å². The highest BCUT2D eigenvalue weighted by molar-refractivity contribution is 5.94. The number of hydrogen-bond acceptors (Lipinski definition) is 4. The molecule has 0 unspecified atom stereocenters. The van der Waals surface area contributed by atoms with Crippen LogP contribution in [0.1, 0.15) is 29.8 Å². The lowest BCUT2D eigenvalue weighted by Gasteiger charge is -2.13. The Hall–Kier alpha value is -3.09. The molecule has 27 heavy (non-hydrogen) atoms. The van der Waals surface area contributed by atoms with Crippen LogP contribution in [0.3, 0.4) is 0 Å². The molecule has 3 rings (SSSR count). The maximum absolute atomic E-state index is 13.0. The van der Waals surface area contributed by atoms with Crippen molar-refractivity contribution in [3.05, 3.63) is 65.9 Å². The highest BCUT2D eigenvalue weighted by Crippen LogP contribution is 2.33. The third-order valence-electron chi connectivity index (χ3n) is 3.81. The Bertz CT molecular complexity index is 967. The Labute approximate surface area is 154 Å². The number of alkyl halides is 3. The van der Waals surface area contributed by atoms with Crippen molar-refractivity contribution in [2.45, 2.75) is 26.1 Å². The minimum atomic E-state index is -4.43. The van der Waals surface area contributed by atoms with Gasteiger partial charge in [-0.2, -0.15) is 13.2 Å². The van der Waals surface area contributed by atoms with Gasteiger partial charge in [0.15, 0.2) is 0 Å². The van der Waals surface area contributed by atoms with Gasteiger partial charge < -0.3 is 10.1 Å². The molecule has 0 saturated carbocycles. The summed E-state index contributed by atoms with van der Waals surface area (Å²) in [7, 11) is 0. The van der Waals surface area contributed by atoms with Crippen molar-refractivity contribution in [1.29, 1.82) is 0 Å². The minimum Gasteiger partial charge on any atom is -0.459 e. The number of nitrogens with one attached hydrogen (secondary N) is 1. The van der Waals surface area contributed by atoms with Gasteiger partial charge in [-0.1, -0.05) is 0 Å². The number of esters is 1. The minimum absolute atomic E-state index is 0.221. The summed E-state index contributed by atoms with van der Waals surface area (Å²) in [5, 5.41) is 3.43. The first-order chi connectivity index (χ1) is 12.7. The second-order valence-corrected chi connectivity index (χ2v) is 6.24. The zero-order valence-electron chi connectivity index (χ0n) is 14.7. The molecule has 0 fully saturated rings. The van der Waals surface area contributed by atoms with E-state index in [1.54, 1.807) is 44.2 Å². The van der Waals surface area contributed by atoms with Crippen LogP contribution in [0, 0.1) is 0 Å². The van der Waals surface area contributed by atoms with Crippen LogP contribution in [-0.4, -0.2) is 17.1 Å². The van der Waals surface area contributed by atoms with Crippen LogP contribution in [0.5, 0.6) is 0 Å². The Morgan fingerprint density at radius 3 is 2.41 bits per heavy atom. The third-order valence-corrected chi connectivity index (χ3v) is 3.81. The van der Waals surface area contributed by atoms with Crippen molar-refractivity contribution in [2.24, 2.45) is 0 Å². The number of aromatic nitrogens is 1. The lowest BCUT2D eigenvalue weighted by molar-refractivity contribution is -0.137. The SMILES string of the molecule is CC(C)OC(=O)c1ccc(Nc2ccnc3ccc(C(F)(F)F)cc23)cc1. The first-order valence-corrected chi connectivity index (χ1v) is 8.28. The normalized spacial score (nSPS) is 11.6. The molecule has 3 aromatic rings. The molecule has 0 aliphatic rings. The molecular weight excluding hydrogens is 357 g/mol. The lowest BCUT2D eigenvalue weighted by atomic mass is 10.1. The molecule has 0 atom stereocenters. The molecular formula is C20H17F3N2O2. The number of nitrogens with zero attached hydrogens (tertiary/aromatic N) is 1. The van der Waals surface area contributed by atoms with Crippen molar-refractivity contribution in [3.63, 3.8) is 0 Å². The highest BCUT2D eigenvalue weighted by atomic mass is 19.4. The van der Waals surface area contributed by atoms with Gasteiger partial charge in [-0.05, 0) is 62.4 Å². The predicted molar refractivity (Wildman–Crippen MR) is 97.0 cm³/mol. The molecule has 0 bridgehead atoms.